The summed E-state index contributed by atoms with van der Waals surface area (Å²) in [5.74, 6) is 0.216. The monoisotopic (exact) mass is 263 g/mol. The van der Waals surface area contributed by atoms with Gasteiger partial charge in [-0.2, -0.15) is 5.10 Å². The van der Waals surface area contributed by atoms with E-state index in [0.29, 0.717) is 11.4 Å². The van der Waals surface area contributed by atoms with Gasteiger partial charge in [0.1, 0.15) is 11.6 Å². The van der Waals surface area contributed by atoms with Crippen molar-refractivity contribution in [1.29, 1.82) is 0 Å². The largest absolute Gasteiger partial charge is 0.463 e. The number of anilines is 1. The Bertz CT molecular complexity index is 554. The first kappa shape index (κ1) is 12.3. The van der Waals surface area contributed by atoms with Crippen LogP contribution in [-0.4, -0.2) is 11.3 Å². The van der Waals surface area contributed by atoms with Crippen LogP contribution in [0.25, 0.3) is 0 Å². The highest BCUT2D eigenvalue weighted by Crippen LogP contribution is 2.11. The molecule has 0 saturated heterocycles. The Labute approximate surface area is 109 Å². The molecule has 0 aliphatic rings. The predicted octanol–water partition coefficient (Wildman–Crippen LogP) is 2.74. The molecule has 0 spiro atoms. The molecule has 2 N–H and O–H groups in total. The molecular formula is C12H10FN3OS. The lowest BCUT2D eigenvalue weighted by Gasteiger charge is -2.07. The minimum Gasteiger partial charge on any atom is -0.463 e. The van der Waals surface area contributed by atoms with Crippen molar-refractivity contribution >= 4 is 29.2 Å². The number of hydrogen-bond donors (Lipinski definition) is 2. The van der Waals surface area contributed by atoms with Crippen molar-refractivity contribution in [2.75, 3.05) is 5.32 Å². The smallest absolute Gasteiger partial charge is 0.191 e. The third-order valence-corrected chi connectivity index (χ3v) is 2.22. The molecule has 1 aromatic heterocycles. The molecule has 0 amide bonds. The summed E-state index contributed by atoms with van der Waals surface area (Å²) in [6.45, 7) is 0. The standard InChI is InChI=1S/C12H10FN3OS/c13-10-5-1-2-6-11(10)15-12(18)16-14-8-9-4-3-7-17-9/h1-8H,(H2,15,16,18)/b14-8-. The first-order chi connectivity index (χ1) is 8.75. The number of nitrogens with zero attached hydrogens (tertiary/aromatic N) is 1. The summed E-state index contributed by atoms with van der Waals surface area (Å²) in [7, 11) is 0. The molecule has 6 heteroatoms. The van der Waals surface area contributed by atoms with Crippen LogP contribution < -0.4 is 10.7 Å². The van der Waals surface area contributed by atoms with Crippen molar-refractivity contribution < 1.29 is 8.81 Å². The van der Waals surface area contributed by atoms with Gasteiger partial charge in [0, 0.05) is 0 Å². The van der Waals surface area contributed by atoms with Crippen LogP contribution in [0.1, 0.15) is 5.76 Å². The number of nitrogens with one attached hydrogen (secondary N) is 2. The molecule has 4 nitrogen and oxygen atoms in total. The second-order valence-corrected chi connectivity index (χ2v) is 3.73. The van der Waals surface area contributed by atoms with E-state index in [1.165, 1.54) is 18.5 Å². The highest BCUT2D eigenvalue weighted by molar-refractivity contribution is 7.80. The lowest BCUT2D eigenvalue weighted by atomic mass is 10.3. The van der Waals surface area contributed by atoms with E-state index in [0.717, 1.165) is 0 Å². The summed E-state index contributed by atoms with van der Waals surface area (Å²) in [6.07, 6.45) is 3.01. The molecule has 1 heterocycles. The van der Waals surface area contributed by atoms with Crippen LogP contribution >= 0.6 is 12.2 Å². The van der Waals surface area contributed by atoms with Crippen molar-refractivity contribution in [2.24, 2.45) is 5.10 Å². The molecule has 0 fully saturated rings. The summed E-state index contributed by atoms with van der Waals surface area (Å²) >= 11 is 4.96. The molecule has 0 radical (unpaired) electrons. The average molecular weight is 263 g/mol. The number of hydrazone groups is 1. The third-order valence-electron chi connectivity index (χ3n) is 2.02. The molecule has 2 aromatic rings. The van der Waals surface area contributed by atoms with E-state index in [1.807, 2.05) is 0 Å². The summed E-state index contributed by atoms with van der Waals surface area (Å²) in [6, 6.07) is 9.73. The number of para-hydroxylation sites is 1. The van der Waals surface area contributed by atoms with E-state index in [1.54, 1.807) is 30.3 Å². The Morgan fingerprint density at radius 3 is 2.83 bits per heavy atom. The van der Waals surface area contributed by atoms with E-state index in [9.17, 15) is 4.39 Å². The normalized spacial score (nSPS) is 10.5. The van der Waals surface area contributed by atoms with Crippen LogP contribution in [0, 0.1) is 5.82 Å². The first-order valence-electron chi connectivity index (χ1n) is 5.14. The van der Waals surface area contributed by atoms with Crippen molar-refractivity contribution in [2.45, 2.75) is 0 Å². The fourth-order valence-electron chi connectivity index (χ4n) is 1.23. The Hall–Kier alpha value is -2.21. The Kier molecular flexibility index (Phi) is 4.03. The van der Waals surface area contributed by atoms with Gasteiger partial charge in [0.2, 0.25) is 0 Å². The molecule has 0 aliphatic heterocycles. The minimum atomic E-state index is -0.378. The van der Waals surface area contributed by atoms with Crippen LogP contribution in [0.15, 0.2) is 52.2 Å². The molecule has 0 unspecified atom stereocenters. The number of hydrogen-bond acceptors (Lipinski definition) is 3. The second kappa shape index (κ2) is 5.92. The summed E-state index contributed by atoms with van der Waals surface area (Å²) in [5, 5.41) is 6.73. The van der Waals surface area contributed by atoms with Crippen LogP contribution in [0.2, 0.25) is 0 Å². The first-order valence-corrected chi connectivity index (χ1v) is 5.54. The van der Waals surface area contributed by atoms with Gasteiger partial charge < -0.3 is 9.73 Å². The van der Waals surface area contributed by atoms with Gasteiger partial charge in [-0.15, -0.1) is 0 Å². The number of rotatable bonds is 3. The van der Waals surface area contributed by atoms with Crippen LogP contribution in [0.5, 0.6) is 0 Å². The van der Waals surface area contributed by atoms with Gasteiger partial charge in [0.15, 0.2) is 5.11 Å². The number of benzene rings is 1. The van der Waals surface area contributed by atoms with Crippen LogP contribution in [-0.2, 0) is 0 Å². The van der Waals surface area contributed by atoms with Gasteiger partial charge in [0.25, 0.3) is 0 Å². The Morgan fingerprint density at radius 1 is 1.28 bits per heavy atom. The Morgan fingerprint density at radius 2 is 2.11 bits per heavy atom. The molecule has 0 atom stereocenters. The van der Waals surface area contributed by atoms with Gasteiger partial charge in [-0.25, -0.2) is 4.39 Å². The SMILES string of the molecule is Fc1ccccc1NC(=S)N/N=C\c1ccco1. The maximum Gasteiger partial charge on any atom is 0.191 e. The molecule has 0 saturated carbocycles. The number of thiocarbonyl (C=S) groups is 1. The summed E-state index contributed by atoms with van der Waals surface area (Å²) < 4.78 is 18.3. The minimum absolute atomic E-state index is 0.197. The zero-order valence-electron chi connectivity index (χ0n) is 9.26. The van der Waals surface area contributed by atoms with Crippen molar-refractivity contribution in [3.63, 3.8) is 0 Å². The van der Waals surface area contributed by atoms with Crippen molar-refractivity contribution in [1.82, 2.24) is 5.43 Å². The number of halogens is 1. The fraction of sp³-hybridized carbons (Fsp3) is 0. The zero-order valence-corrected chi connectivity index (χ0v) is 10.1. The summed E-state index contributed by atoms with van der Waals surface area (Å²) in [4.78, 5) is 0. The molecule has 18 heavy (non-hydrogen) atoms. The predicted molar refractivity (Wildman–Crippen MR) is 72.1 cm³/mol. The van der Waals surface area contributed by atoms with Crippen molar-refractivity contribution in [3.05, 3.63) is 54.2 Å². The Balaban J connectivity index is 1.88. The van der Waals surface area contributed by atoms with Crippen molar-refractivity contribution in [3.8, 4) is 0 Å². The third kappa shape index (κ3) is 3.39. The van der Waals surface area contributed by atoms with Gasteiger partial charge in [-0.05, 0) is 36.5 Å². The quantitative estimate of drug-likeness (QED) is 0.508. The molecular weight excluding hydrogens is 253 g/mol. The lowest BCUT2D eigenvalue weighted by Crippen LogP contribution is -2.24. The van der Waals surface area contributed by atoms with E-state index in [4.69, 9.17) is 16.6 Å². The van der Waals surface area contributed by atoms with Gasteiger partial charge in [-0.1, -0.05) is 12.1 Å². The molecule has 1 aromatic carbocycles. The maximum atomic E-state index is 13.3. The molecule has 92 valence electrons. The lowest BCUT2D eigenvalue weighted by molar-refractivity contribution is 0.560. The number of furan rings is 1. The summed E-state index contributed by atoms with van der Waals surface area (Å²) in [5.41, 5.74) is 2.85. The average Bonchev–Trinajstić information content (AvgIpc) is 2.85. The molecule has 0 bridgehead atoms. The van der Waals surface area contributed by atoms with E-state index >= 15 is 0 Å². The fourth-order valence-corrected chi connectivity index (χ4v) is 1.39. The van der Waals surface area contributed by atoms with Crippen LogP contribution in [0.4, 0.5) is 10.1 Å². The van der Waals surface area contributed by atoms with Gasteiger partial charge in [0.05, 0.1) is 18.2 Å². The molecule has 0 aliphatic carbocycles. The van der Waals surface area contributed by atoms with E-state index < -0.39 is 0 Å². The molecule has 2 rings (SSSR count). The highest BCUT2D eigenvalue weighted by Gasteiger charge is 2.01. The van der Waals surface area contributed by atoms with Gasteiger partial charge in [-0.3, -0.25) is 5.43 Å². The van der Waals surface area contributed by atoms with E-state index in [-0.39, 0.29) is 10.9 Å². The highest BCUT2D eigenvalue weighted by atomic mass is 32.1. The second-order valence-electron chi connectivity index (χ2n) is 3.32. The maximum absolute atomic E-state index is 13.3. The topological polar surface area (TPSA) is 49.6 Å². The van der Waals surface area contributed by atoms with Gasteiger partial charge >= 0.3 is 0 Å². The van der Waals surface area contributed by atoms with Crippen LogP contribution in [0.3, 0.4) is 0 Å². The zero-order chi connectivity index (χ0) is 12.8. The van der Waals surface area contributed by atoms with E-state index in [2.05, 4.69) is 15.8 Å².